The molecule has 0 radical (unpaired) electrons. The van der Waals surface area contributed by atoms with Crippen LogP contribution >= 0.6 is 11.7 Å². The van der Waals surface area contributed by atoms with E-state index >= 15 is 0 Å². The summed E-state index contributed by atoms with van der Waals surface area (Å²) in [5.74, 6) is 8.00. The molecule has 0 aliphatic carbocycles. The van der Waals surface area contributed by atoms with Gasteiger partial charge in [0, 0.05) is 0 Å². The monoisotopic (exact) mass is 146 g/mol. The second-order valence-electron chi connectivity index (χ2n) is 0.448. The SMILES string of the molecule is NN.O=S(=O)(O)S. The molecule has 0 aromatic rings. The van der Waals surface area contributed by atoms with Crippen LogP contribution in [0.1, 0.15) is 0 Å². The zero-order valence-corrected chi connectivity index (χ0v) is 4.98. The molecule has 0 unspecified atom stereocenters. The third-order valence-corrected chi connectivity index (χ3v) is 0. The van der Waals surface area contributed by atoms with Crippen molar-refractivity contribution in [3.8, 4) is 0 Å². The van der Waals surface area contributed by atoms with Crippen LogP contribution in [-0.4, -0.2) is 13.0 Å². The van der Waals surface area contributed by atoms with E-state index in [1.165, 1.54) is 0 Å². The fraction of sp³-hybridized carbons (Fsp3) is 0. The maximum Gasteiger partial charge on any atom is 0.316 e. The Kier molecular flexibility index (Phi) is 6.34. The number of hydrogen-bond acceptors (Lipinski definition) is 4. The molecule has 0 aliphatic heterocycles. The van der Waals surface area contributed by atoms with Crippen molar-refractivity contribution in [2.45, 2.75) is 0 Å². The molecule has 46 valence electrons. The summed E-state index contributed by atoms with van der Waals surface area (Å²) in [5, 5.41) is 0. The van der Waals surface area contributed by atoms with Gasteiger partial charge in [0.1, 0.15) is 0 Å². The Morgan fingerprint density at radius 2 is 1.43 bits per heavy atom. The predicted molar refractivity (Wildman–Crippen MR) is 28.9 cm³/mol. The summed E-state index contributed by atoms with van der Waals surface area (Å²) < 4.78 is 25.5. The minimum absolute atomic E-state index is 2.65. The number of nitrogens with two attached hydrogens (primary N) is 2. The summed E-state index contributed by atoms with van der Waals surface area (Å²) in [6.07, 6.45) is 0. The molecule has 5 nitrogen and oxygen atoms in total. The molecule has 0 spiro atoms. The molecule has 0 aromatic heterocycles. The molecule has 0 saturated carbocycles. The zero-order chi connectivity index (χ0) is 6.50. The molecule has 0 saturated heterocycles. The highest BCUT2D eigenvalue weighted by molar-refractivity contribution is 8.61. The van der Waals surface area contributed by atoms with Crippen LogP contribution in [0.4, 0.5) is 0 Å². The second kappa shape index (κ2) is 4.34. The van der Waals surface area contributed by atoms with E-state index in [1.807, 2.05) is 0 Å². The van der Waals surface area contributed by atoms with Gasteiger partial charge < -0.3 is 0 Å². The van der Waals surface area contributed by atoms with Gasteiger partial charge in [-0.25, -0.2) is 0 Å². The molecule has 0 bridgehead atoms. The fourth-order valence-electron chi connectivity index (χ4n) is 0. The third kappa shape index (κ3) is 3330. The van der Waals surface area contributed by atoms with Gasteiger partial charge in [-0.2, -0.15) is 8.42 Å². The van der Waals surface area contributed by atoms with Crippen molar-refractivity contribution in [3.63, 3.8) is 0 Å². The van der Waals surface area contributed by atoms with Crippen LogP contribution in [0.25, 0.3) is 0 Å². The molecule has 7 heavy (non-hydrogen) atoms. The highest BCUT2D eigenvalue weighted by Gasteiger charge is 1.83. The van der Waals surface area contributed by atoms with Gasteiger partial charge in [0.05, 0.1) is 0 Å². The molecule has 0 aliphatic rings. The lowest BCUT2D eigenvalue weighted by molar-refractivity contribution is 0.503. The van der Waals surface area contributed by atoms with Gasteiger partial charge in [0.15, 0.2) is 0 Å². The Morgan fingerprint density at radius 3 is 1.43 bits per heavy atom. The Hall–Kier alpha value is 0.180. The van der Waals surface area contributed by atoms with Crippen molar-refractivity contribution in [3.05, 3.63) is 0 Å². The van der Waals surface area contributed by atoms with E-state index in [9.17, 15) is 0 Å². The minimum atomic E-state index is -3.97. The minimum Gasteiger partial charge on any atom is -0.277 e. The van der Waals surface area contributed by atoms with Crippen molar-refractivity contribution in [1.82, 2.24) is 0 Å². The van der Waals surface area contributed by atoms with Gasteiger partial charge in [0.2, 0.25) is 0 Å². The smallest absolute Gasteiger partial charge is 0.277 e. The van der Waals surface area contributed by atoms with Gasteiger partial charge >= 0.3 is 9.15 Å². The summed E-state index contributed by atoms with van der Waals surface area (Å²) in [4.78, 5) is 0. The molecule has 5 N–H and O–H groups in total. The van der Waals surface area contributed by atoms with Crippen LogP contribution in [0, 0.1) is 0 Å². The van der Waals surface area contributed by atoms with Crippen LogP contribution in [0.2, 0.25) is 0 Å². The number of thiol groups is 1. The quantitative estimate of drug-likeness (QED) is 0.110. The van der Waals surface area contributed by atoms with E-state index in [0.29, 0.717) is 0 Å². The number of rotatable bonds is 0. The molecule has 7 heteroatoms. The first kappa shape index (κ1) is 10.2. The average molecular weight is 146 g/mol. The normalized spacial score (nSPS) is 9.14. The van der Waals surface area contributed by atoms with Crippen LogP contribution in [0.5, 0.6) is 0 Å². The largest absolute Gasteiger partial charge is 0.316 e. The van der Waals surface area contributed by atoms with E-state index in [0.717, 1.165) is 0 Å². The van der Waals surface area contributed by atoms with Crippen LogP contribution < -0.4 is 11.7 Å². The lowest BCUT2D eigenvalue weighted by Crippen LogP contribution is -2.02. The van der Waals surface area contributed by atoms with E-state index in [1.54, 1.807) is 0 Å². The van der Waals surface area contributed by atoms with Gasteiger partial charge in [-0.15, -0.1) is 0 Å². The number of hydrazine groups is 1. The fourth-order valence-corrected chi connectivity index (χ4v) is 0. The van der Waals surface area contributed by atoms with E-state index in [2.05, 4.69) is 23.3 Å². The molecule has 0 heterocycles. The zero-order valence-electron chi connectivity index (χ0n) is 3.27. The lowest BCUT2D eigenvalue weighted by atomic mass is 13.0. The predicted octanol–water partition coefficient (Wildman–Crippen LogP) is -1.46. The molecule has 0 rings (SSSR count). The van der Waals surface area contributed by atoms with Crippen molar-refractivity contribution >= 4 is 20.8 Å². The first-order chi connectivity index (χ1) is 3.00. The van der Waals surface area contributed by atoms with E-state index in [4.69, 9.17) is 13.0 Å². The molecule has 0 fully saturated rings. The molecular weight excluding hydrogens is 140 g/mol. The highest BCUT2D eigenvalue weighted by Crippen LogP contribution is 1.81. The Labute approximate surface area is 46.2 Å². The summed E-state index contributed by atoms with van der Waals surface area (Å²) in [6, 6.07) is 0. The molecular formula is H6N2O3S2. The lowest BCUT2D eigenvalue weighted by Gasteiger charge is -1.67. The van der Waals surface area contributed by atoms with Crippen LogP contribution in [0.15, 0.2) is 0 Å². The van der Waals surface area contributed by atoms with E-state index in [-0.39, 0.29) is 0 Å². The van der Waals surface area contributed by atoms with Gasteiger partial charge in [0.25, 0.3) is 0 Å². The standard InChI is InChI=1S/H4N2.H2O3S2/c1-2;1-5(2,3)4/h1-2H2;(H2,1,2,3,4). The number of hydrogen-bond donors (Lipinski definition) is 4. The summed E-state index contributed by atoms with van der Waals surface area (Å²) in [7, 11) is -3.97. The summed E-state index contributed by atoms with van der Waals surface area (Å²) in [6.45, 7) is 0. The highest BCUT2D eigenvalue weighted by atomic mass is 33.1. The van der Waals surface area contributed by atoms with Crippen LogP contribution in [-0.2, 0) is 9.15 Å². The first-order valence-electron chi connectivity index (χ1n) is 1.03. The Bertz CT molecular complexity index is 94.1. The summed E-state index contributed by atoms with van der Waals surface area (Å²) in [5.41, 5.74) is 0. The van der Waals surface area contributed by atoms with Crippen molar-refractivity contribution in [1.29, 1.82) is 0 Å². The molecule has 0 aromatic carbocycles. The van der Waals surface area contributed by atoms with Crippen molar-refractivity contribution in [2.24, 2.45) is 11.7 Å². The average Bonchev–Trinajstić information content (AvgIpc) is 1.36. The third-order valence-electron chi connectivity index (χ3n) is 0. The Morgan fingerprint density at radius 1 is 1.43 bits per heavy atom. The van der Waals surface area contributed by atoms with Crippen LogP contribution in [0.3, 0.4) is 0 Å². The maximum atomic E-state index is 9.05. The summed E-state index contributed by atoms with van der Waals surface area (Å²) >= 11 is 2.65. The van der Waals surface area contributed by atoms with Gasteiger partial charge in [-0.3, -0.25) is 16.2 Å². The first-order valence-corrected chi connectivity index (χ1v) is 3.52. The molecule has 0 atom stereocenters. The van der Waals surface area contributed by atoms with Crippen molar-refractivity contribution < 1.29 is 13.0 Å². The maximum absolute atomic E-state index is 9.05. The van der Waals surface area contributed by atoms with Gasteiger partial charge in [-0.05, 0) is 11.7 Å². The van der Waals surface area contributed by atoms with Crippen molar-refractivity contribution in [2.75, 3.05) is 0 Å². The second-order valence-corrected chi connectivity index (χ2v) is 2.73. The topological polar surface area (TPSA) is 106 Å². The van der Waals surface area contributed by atoms with Gasteiger partial charge in [-0.1, -0.05) is 0 Å². The molecule has 0 amide bonds. The Balaban J connectivity index is 0. The van der Waals surface area contributed by atoms with E-state index < -0.39 is 9.15 Å².